The molecule has 0 saturated heterocycles. The van der Waals surface area contributed by atoms with Crippen LogP contribution in [0.3, 0.4) is 0 Å². The number of hydrogen-bond donors (Lipinski definition) is 0. The quantitative estimate of drug-likeness (QED) is 0.736. The molecule has 0 spiro atoms. The fourth-order valence-electron chi connectivity index (χ4n) is 2.39. The third-order valence-corrected chi connectivity index (χ3v) is 4.04. The van der Waals surface area contributed by atoms with Gasteiger partial charge in [-0.1, -0.05) is 23.2 Å². The van der Waals surface area contributed by atoms with Gasteiger partial charge in [-0.05, 0) is 17.7 Å². The minimum absolute atomic E-state index is 0.00571. The molecule has 9 heteroatoms. The van der Waals surface area contributed by atoms with Gasteiger partial charge in [-0.2, -0.15) is 5.26 Å². The zero-order valence-corrected chi connectivity index (χ0v) is 15.0. The molecule has 25 heavy (non-hydrogen) atoms. The summed E-state index contributed by atoms with van der Waals surface area (Å²) in [4.78, 5) is 25.6. The van der Waals surface area contributed by atoms with Gasteiger partial charge in [-0.15, -0.1) is 0 Å². The molecule has 1 heterocycles. The molecule has 132 valence electrons. The predicted molar refractivity (Wildman–Crippen MR) is 90.1 cm³/mol. The second-order valence-electron chi connectivity index (χ2n) is 4.96. The third-order valence-electron chi connectivity index (χ3n) is 3.46. The molecule has 0 N–H and O–H groups in total. The van der Waals surface area contributed by atoms with Crippen LogP contribution in [0.25, 0.3) is 0 Å². The molecule has 1 aliphatic heterocycles. The maximum atomic E-state index is 12.3. The van der Waals surface area contributed by atoms with Gasteiger partial charge in [0.25, 0.3) is 0 Å². The average Bonchev–Trinajstić information content (AvgIpc) is 2.59. The van der Waals surface area contributed by atoms with Gasteiger partial charge in [0.2, 0.25) is 0 Å². The molecular formula is C16H14Cl2N2O5. The van der Waals surface area contributed by atoms with E-state index in [1.807, 2.05) is 6.07 Å². The van der Waals surface area contributed by atoms with E-state index in [4.69, 9.17) is 42.7 Å². The second kappa shape index (κ2) is 8.21. The monoisotopic (exact) mass is 384 g/mol. The highest BCUT2D eigenvalue weighted by Crippen LogP contribution is 2.39. The van der Waals surface area contributed by atoms with E-state index >= 15 is 0 Å². The molecular weight excluding hydrogens is 371 g/mol. The number of benzene rings is 1. The first-order valence-electron chi connectivity index (χ1n) is 7.04. The van der Waals surface area contributed by atoms with E-state index in [0.29, 0.717) is 5.56 Å². The summed E-state index contributed by atoms with van der Waals surface area (Å²) in [6.45, 7) is -0.183. The molecule has 7 nitrogen and oxygen atoms in total. The minimum atomic E-state index is -0.753. The standard InChI is InChI=1S/C16H14Cl2N2O5/c1-23-15(21)10-7-25-8-20(13(10)16(22)24-2)14-11(17)5-9(3-4-19)6-12(14)18/h5-6H,3,7-8H2,1-2H3. The Bertz CT molecular complexity index is 762. The molecule has 0 fully saturated rings. The maximum absolute atomic E-state index is 12.3. The highest BCUT2D eigenvalue weighted by Gasteiger charge is 2.34. The maximum Gasteiger partial charge on any atom is 0.355 e. The van der Waals surface area contributed by atoms with Crippen molar-refractivity contribution >= 4 is 40.8 Å². The molecule has 0 radical (unpaired) electrons. The van der Waals surface area contributed by atoms with Gasteiger partial charge in [0.1, 0.15) is 12.4 Å². The number of ether oxygens (including phenoxy) is 3. The van der Waals surface area contributed by atoms with E-state index in [1.165, 1.54) is 19.1 Å². The van der Waals surface area contributed by atoms with Gasteiger partial charge in [0.05, 0.1) is 54.6 Å². The van der Waals surface area contributed by atoms with Crippen molar-refractivity contribution in [2.45, 2.75) is 6.42 Å². The lowest BCUT2D eigenvalue weighted by atomic mass is 10.1. The lowest BCUT2D eigenvalue weighted by Crippen LogP contribution is -2.39. The number of methoxy groups -OCH3 is 2. The largest absolute Gasteiger partial charge is 0.466 e. The van der Waals surface area contributed by atoms with Crippen LogP contribution < -0.4 is 4.90 Å². The Balaban J connectivity index is 2.62. The second-order valence-corrected chi connectivity index (χ2v) is 5.77. The smallest absolute Gasteiger partial charge is 0.355 e. The van der Waals surface area contributed by atoms with Crippen LogP contribution in [0.15, 0.2) is 23.4 Å². The normalized spacial score (nSPS) is 14.1. The number of nitrogens with zero attached hydrogens (tertiary/aromatic N) is 2. The van der Waals surface area contributed by atoms with Crippen molar-refractivity contribution < 1.29 is 23.8 Å². The van der Waals surface area contributed by atoms with Crippen LogP contribution in [-0.4, -0.2) is 39.5 Å². The molecule has 0 saturated carbocycles. The van der Waals surface area contributed by atoms with Crippen LogP contribution >= 0.6 is 23.2 Å². The number of nitriles is 1. The minimum Gasteiger partial charge on any atom is -0.466 e. The summed E-state index contributed by atoms with van der Waals surface area (Å²) in [5.74, 6) is -1.48. The zero-order valence-electron chi connectivity index (χ0n) is 13.5. The summed E-state index contributed by atoms with van der Waals surface area (Å²) < 4.78 is 14.8. The lowest BCUT2D eigenvalue weighted by Gasteiger charge is -2.32. The number of esters is 2. The van der Waals surface area contributed by atoms with Crippen molar-refractivity contribution in [3.63, 3.8) is 0 Å². The number of hydrogen-bond acceptors (Lipinski definition) is 7. The van der Waals surface area contributed by atoms with Crippen molar-refractivity contribution in [3.05, 3.63) is 39.0 Å². The van der Waals surface area contributed by atoms with Crippen LogP contribution in [0.2, 0.25) is 10.0 Å². The Kier molecular flexibility index (Phi) is 6.26. The Morgan fingerprint density at radius 2 is 1.84 bits per heavy atom. The summed E-state index contributed by atoms with van der Waals surface area (Å²) in [6.07, 6.45) is 0.128. The van der Waals surface area contributed by atoms with E-state index in [9.17, 15) is 9.59 Å². The summed E-state index contributed by atoms with van der Waals surface area (Å²) in [5, 5.41) is 9.21. The molecule has 0 atom stereocenters. The van der Waals surface area contributed by atoms with Gasteiger partial charge in [-0.3, -0.25) is 0 Å². The van der Waals surface area contributed by atoms with Crippen molar-refractivity contribution in [3.8, 4) is 6.07 Å². The lowest BCUT2D eigenvalue weighted by molar-refractivity contribution is -0.140. The summed E-state index contributed by atoms with van der Waals surface area (Å²) in [6, 6.07) is 5.13. The van der Waals surface area contributed by atoms with E-state index < -0.39 is 11.9 Å². The molecule has 0 amide bonds. The molecule has 0 aliphatic carbocycles. The number of carbonyl (C=O) groups is 2. The molecule has 0 unspecified atom stereocenters. The van der Waals surface area contributed by atoms with E-state index in [0.717, 1.165) is 0 Å². The van der Waals surface area contributed by atoms with Gasteiger partial charge < -0.3 is 19.1 Å². The Morgan fingerprint density at radius 1 is 1.24 bits per heavy atom. The molecule has 0 aromatic heterocycles. The van der Waals surface area contributed by atoms with Gasteiger partial charge in [-0.25, -0.2) is 9.59 Å². The first-order chi connectivity index (χ1) is 11.9. The molecule has 1 aromatic rings. The Morgan fingerprint density at radius 3 is 2.36 bits per heavy atom. The molecule has 2 rings (SSSR count). The molecule has 1 aliphatic rings. The van der Waals surface area contributed by atoms with Gasteiger partial charge >= 0.3 is 11.9 Å². The predicted octanol–water partition coefficient (Wildman–Crippen LogP) is 2.45. The van der Waals surface area contributed by atoms with Crippen LogP contribution in [-0.2, 0) is 30.2 Å². The van der Waals surface area contributed by atoms with E-state index in [1.54, 1.807) is 12.1 Å². The first kappa shape index (κ1) is 19.1. The highest BCUT2D eigenvalue weighted by molar-refractivity contribution is 6.39. The van der Waals surface area contributed by atoms with E-state index in [2.05, 4.69) is 0 Å². The molecule has 1 aromatic carbocycles. The number of halogens is 2. The third kappa shape index (κ3) is 3.87. The number of carbonyl (C=O) groups excluding carboxylic acids is 2. The van der Waals surface area contributed by atoms with Gasteiger partial charge in [0, 0.05) is 0 Å². The van der Waals surface area contributed by atoms with Crippen LogP contribution in [0.5, 0.6) is 0 Å². The zero-order chi connectivity index (χ0) is 18.6. The Labute approximate surface area is 154 Å². The van der Waals surface area contributed by atoms with Crippen molar-refractivity contribution in [2.75, 3.05) is 32.5 Å². The highest BCUT2D eigenvalue weighted by atomic mass is 35.5. The SMILES string of the molecule is COC(=O)C1=C(C(=O)OC)N(c2c(Cl)cc(CC#N)cc2Cl)COC1. The Hall–Kier alpha value is -2.27. The summed E-state index contributed by atoms with van der Waals surface area (Å²) in [5.41, 5.74) is 0.828. The molecule has 0 bridgehead atoms. The fourth-order valence-corrected chi connectivity index (χ4v) is 3.13. The summed E-state index contributed by atoms with van der Waals surface area (Å²) >= 11 is 12.6. The summed E-state index contributed by atoms with van der Waals surface area (Å²) in [7, 11) is 2.39. The van der Waals surface area contributed by atoms with Crippen LogP contribution in [0.4, 0.5) is 5.69 Å². The fraction of sp³-hybridized carbons (Fsp3) is 0.312. The average molecular weight is 385 g/mol. The first-order valence-corrected chi connectivity index (χ1v) is 7.80. The topological polar surface area (TPSA) is 88.9 Å². The van der Waals surface area contributed by atoms with Gasteiger partial charge in [0.15, 0.2) is 0 Å². The van der Waals surface area contributed by atoms with Crippen LogP contribution in [0.1, 0.15) is 5.56 Å². The van der Waals surface area contributed by atoms with E-state index in [-0.39, 0.29) is 46.8 Å². The van der Waals surface area contributed by atoms with Crippen molar-refractivity contribution in [1.29, 1.82) is 5.26 Å². The number of rotatable bonds is 4. The van der Waals surface area contributed by atoms with Crippen LogP contribution in [0, 0.1) is 11.3 Å². The van der Waals surface area contributed by atoms with Crippen molar-refractivity contribution in [1.82, 2.24) is 0 Å². The van der Waals surface area contributed by atoms with Crippen molar-refractivity contribution in [2.24, 2.45) is 0 Å². The number of anilines is 1.